The number of nitrogens with one attached hydrogen (secondary N) is 1. The molecule has 1 aromatic heterocycles. The summed E-state index contributed by atoms with van der Waals surface area (Å²) in [7, 11) is 3.74. The minimum Gasteiger partial charge on any atom is -0.383 e. The molecule has 128 valence electrons. The van der Waals surface area contributed by atoms with Crippen molar-refractivity contribution >= 4 is 17.3 Å². The molecule has 0 saturated heterocycles. The van der Waals surface area contributed by atoms with Gasteiger partial charge in [-0.15, -0.1) is 11.3 Å². The SMILES string of the molecule is CN=C(NCC1(O)CCc2ccccc21)N(C)Cc1csc(C)n1. The van der Waals surface area contributed by atoms with E-state index in [1.165, 1.54) is 5.56 Å². The lowest BCUT2D eigenvalue weighted by Crippen LogP contribution is -2.45. The zero-order valence-electron chi connectivity index (χ0n) is 14.4. The molecule has 1 unspecified atom stereocenters. The molecule has 1 heterocycles. The molecule has 6 heteroatoms. The van der Waals surface area contributed by atoms with Crippen LogP contribution in [0.2, 0.25) is 0 Å². The minimum atomic E-state index is -0.829. The van der Waals surface area contributed by atoms with Crippen LogP contribution in [0.4, 0.5) is 0 Å². The predicted molar refractivity (Wildman–Crippen MR) is 98.3 cm³/mol. The third kappa shape index (κ3) is 3.44. The average molecular weight is 344 g/mol. The van der Waals surface area contributed by atoms with Crippen molar-refractivity contribution in [3.63, 3.8) is 0 Å². The number of guanidine groups is 1. The van der Waals surface area contributed by atoms with Crippen LogP contribution in [0, 0.1) is 6.92 Å². The van der Waals surface area contributed by atoms with Gasteiger partial charge in [-0.25, -0.2) is 4.98 Å². The highest BCUT2D eigenvalue weighted by Gasteiger charge is 2.36. The first-order valence-corrected chi connectivity index (χ1v) is 9.03. The third-order valence-corrected chi connectivity index (χ3v) is 5.33. The van der Waals surface area contributed by atoms with Gasteiger partial charge in [0.1, 0.15) is 5.60 Å². The molecule has 0 amide bonds. The van der Waals surface area contributed by atoms with Crippen molar-refractivity contribution in [2.24, 2.45) is 4.99 Å². The largest absolute Gasteiger partial charge is 0.383 e. The molecule has 1 aromatic carbocycles. The number of aliphatic imine (C=N–C) groups is 1. The molecule has 24 heavy (non-hydrogen) atoms. The van der Waals surface area contributed by atoms with Gasteiger partial charge < -0.3 is 15.3 Å². The van der Waals surface area contributed by atoms with Crippen LogP contribution >= 0.6 is 11.3 Å². The molecule has 0 fully saturated rings. The number of thiazole rings is 1. The summed E-state index contributed by atoms with van der Waals surface area (Å²) < 4.78 is 0. The molecular formula is C18H24N4OS. The van der Waals surface area contributed by atoms with Gasteiger partial charge in [-0.05, 0) is 30.9 Å². The van der Waals surface area contributed by atoms with Crippen LogP contribution in [-0.2, 0) is 18.6 Å². The monoisotopic (exact) mass is 344 g/mol. The summed E-state index contributed by atoms with van der Waals surface area (Å²) in [5.41, 5.74) is 2.48. The van der Waals surface area contributed by atoms with E-state index < -0.39 is 5.60 Å². The maximum atomic E-state index is 11.0. The number of nitrogens with zero attached hydrogens (tertiary/aromatic N) is 3. The van der Waals surface area contributed by atoms with E-state index in [4.69, 9.17) is 0 Å². The molecule has 1 atom stereocenters. The Hall–Kier alpha value is -1.92. The number of fused-ring (bicyclic) bond motifs is 1. The van der Waals surface area contributed by atoms with Crippen molar-refractivity contribution in [3.05, 3.63) is 51.5 Å². The first-order chi connectivity index (χ1) is 11.5. The molecule has 1 aliphatic rings. The van der Waals surface area contributed by atoms with Gasteiger partial charge in [0.2, 0.25) is 0 Å². The van der Waals surface area contributed by atoms with E-state index in [9.17, 15) is 5.11 Å². The quantitative estimate of drug-likeness (QED) is 0.660. The first-order valence-electron chi connectivity index (χ1n) is 8.15. The molecular weight excluding hydrogens is 320 g/mol. The molecule has 0 radical (unpaired) electrons. The number of aromatic nitrogens is 1. The molecule has 3 rings (SSSR count). The lowest BCUT2D eigenvalue weighted by atomic mass is 9.96. The topological polar surface area (TPSA) is 60.8 Å². The van der Waals surface area contributed by atoms with Crippen LogP contribution in [0.15, 0.2) is 34.6 Å². The number of hydrogen-bond donors (Lipinski definition) is 2. The fourth-order valence-electron chi connectivity index (χ4n) is 3.26. The van der Waals surface area contributed by atoms with Gasteiger partial charge in [0.05, 0.1) is 23.8 Å². The zero-order valence-corrected chi connectivity index (χ0v) is 15.2. The average Bonchev–Trinajstić information content (AvgIpc) is 3.13. The molecule has 0 saturated carbocycles. The highest BCUT2D eigenvalue weighted by molar-refractivity contribution is 7.09. The van der Waals surface area contributed by atoms with Crippen LogP contribution in [0.5, 0.6) is 0 Å². The summed E-state index contributed by atoms with van der Waals surface area (Å²) in [4.78, 5) is 10.9. The Labute approximate surface area is 147 Å². The number of aliphatic hydroxyl groups is 1. The van der Waals surface area contributed by atoms with Gasteiger partial charge in [-0.1, -0.05) is 24.3 Å². The Morgan fingerprint density at radius 3 is 2.96 bits per heavy atom. The highest BCUT2D eigenvalue weighted by Crippen LogP contribution is 2.36. The third-order valence-electron chi connectivity index (χ3n) is 4.50. The summed E-state index contributed by atoms with van der Waals surface area (Å²) in [6.45, 7) is 3.16. The Kier molecular flexibility index (Phi) is 4.87. The van der Waals surface area contributed by atoms with Gasteiger partial charge in [0.25, 0.3) is 0 Å². The van der Waals surface area contributed by atoms with Crippen molar-refractivity contribution in [1.29, 1.82) is 0 Å². The van der Waals surface area contributed by atoms with Crippen LogP contribution in [-0.4, -0.2) is 41.6 Å². The van der Waals surface area contributed by atoms with Crippen LogP contribution in [0.1, 0.15) is 28.2 Å². The second-order valence-corrected chi connectivity index (χ2v) is 7.37. The van der Waals surface area contributed by atoms with E-state index in [0.29, 0.717) is 13.1 Å². The zero-order chi connectivity index (χ0) is 17.2. The Morgan fingerprint density at radius 1 is 1.46 bits per heavy atom. The number of rotatable bonds is 4. The predicted octanol–water partition coefficient (Wildman–Crippen LogP) is 2.29. The van der Waals surface area contributed by atoms with Gasteiger partial charge in [-0.2, -0.15) is 0 Å². The van der Waals surface area contributed by atoms with E-state index in [0.717, 1.165) is 35.1 Å². The summed E-state index contributed by atoms with van der Waals surface area (Å²) in [5.74, 6) is 0.762. The molecule has 2 N–H and O–H groups in total. The van der Waals surface area contributed by atoms with Crippen LogP contribution in [0.3, 0.4) is 0 Å². The normalized spacial score (nSPS) is 20.1. The smallest absolute Gasteiger partial charge is 0.193 e. The molecule has 0 spiro atoms. The molecule has 0 aliphatic heterocycles. The fourth-order valence-corrected chi connectivity index (χ4v) is 3.86. The standard InChI is InChI=1S/C18H24N4OS/c1-13-21-15(11-24-13)10-22(3)17(19-2)20-12-18(23)9-8-14-6-4-5-7-16(14)18/h4-7,11,23H,8-10,12H2,1-3H3,(H,19,20). The van der Waals surface area contributed by atoms with E-state index in [1.54, 1.807) is 18.4 Å². The van der Waals surface area contributed by atoms with E-state index in [-0.39, 0.29) is 0 Å². The van der Waals surface area contributed by atoms with Gasteiger partial charge in [0, 0.05) is 19.5 Å². The number of hydrogen-bond acceptors (Lipinski definition) is 4. The second-order valence-electron chi connectivity index (χ2n) is 6.30. The van der Waals surface area contributed by atoms with E-state index >= 15 is 0 Å². The molecule has 5 nitrogen and oxygen atoms in total. The lowest BCUT2D eigenvalue weighted by Gasteiger charge is -2.28. The van der Waals surface area contributed by atoms with Crippen LogP contribution in [0.25, 0.3) is 0 Å². The van der Waals surface area contributed by atoms with Crippen molar-refractivity contribution < 1.29 is 5.11 Å². The highest BCUT2D eigenvalue weighted by atomic mass is 32.1. The number of aryl methyl sites for hydroxylation is 2. The molecule has 1 aliphatic carbocycles. The lowest BCUT2D eigenvalue weighted by molar-refractivity contribution is 0.0426. The van der Waals surface area contributed by atoms with Crippen molar-refractivity contribution in [1.82, 2.24) is 15.2 Å². The van der Waals surface area contributed by atoms with Crippen molar-refractivity contribution in [3.8, 4) is 0 Å². The summed E-state index contributed by atoms with van der Waals surface area (Å²) in [5, 5.41) is 17.5. The second kappa shape index (κ2) is 6.91. The maximum Gasteiger partial charge on any atom is 0.193 e. The first kappa shape index (κ1) is 16.9. The van der Waals surface area contributed by atoms with Gasteiger partial charge >= 0.3 is 0 Å². The Bertz CT molecular complexity index is 742. The summed E-state index contributed by atoms with van der Waals surface area (Å²) in [6.07, 6.45) is 1.66. The van der Waals surface area contributed by atoms with Gasteiger partial charge in [-0.3, -0.25) is 4.99 Å². The van der Waals surface area contributed by atoms with Crippen LogP contribution < -0.4 is 5.32 Å². The Morgan fingerprint density at radius 2 is 2.25 bits per heavy atom. The van der Waals surface area contributed by atoms with E-state index in [2.05, 4.69) is 26.7 Å². The van der Waals surface area contributed by atoms with Crippen molar-refractivity contribution in [2.45, 2.75) is 31.9 Å². The minimum absolute atomic E-state index is 0.455. The molecule has 0 bridgehead atoms. The van der Waals surface area contributed by atoms with Crippen molar-refractivity contribution in [2.75, 3.05) is 20.6 Å². The van der Waals surface area contributed by atoms with Gasteiger partial charge in [0.15, 0.2) is 5.96 Å². The molecule has 2 aromatic rings. The number of benzene rings is 1. The Balaban J connectivity index is 1.64. The van der Waals surface area contributed by atoms with E-state index in [1.807, 2.05) is 37.1 Å². The maximum absolute atomic E-state index is 11.0. The fraction of sp³-hybridized carbons (Fsp3) is 0.444. The summed E-state index contributed by atoms with van der Waals surface area (Å²) >= 11 is 1.65. The summed E-state index contributed by atoms with van der Waals surface area (Å²) in [6, 6.07) is 8.13.